The van der Waals surface area contributed by atoms with Gasteiger partial charge in [-0.25, -0.2) is 0 Å². The summed E-state index contributed by atoms with van der Waals surface area (Å²) in [4.78, 5) is 13.7. The number of nitrogens with one attached hydrogen (secondary N) is 1. The van der Waals surface area contributed by atoms with Gasteiger partial charge in [-0.1, -0.05) is 29.8 Å². The molecule has 2 nitrogen and oxygen atoms in total. The van der Waals surface area contributed by atoms with Crippen LogP contribution < -0.4 is 5.32 Å². The number of benzene rings is 1. The van der Waals surface area contributed by atoms with Gasteiger partial charge in [-0.3, -0.25) is 4.79 Å². The molecular weight excluding hydrogens is 290 g/mol. The lowest BCUT2D eigenvalue weighted by Crippen LogP contribution is -2.35. The predicted molar refractivity (Wildman–Crippen MR) is 83.4 cm³/mol. The van der Waals surface area contributed by atoms with Crippen molar-refractivity contribution in [3.63, 3.8) is 0 Å². The second-order valence-electron chi connectivity index (χ2n) is 5.17. The molecule has 1 heterocycles. The fraction of sp³-hybridized carbons (Fsp3) is 0.312. The molecule has 0 radical (unpaired) electrons. The fourth-order valence-corrected chi connectivity index (χ4v) is 3.30. The van der Waals surface area contributed by atoms with Gasteiger partial charge in [-0.15, -0.1) is 11.3 Å². The summed E-state index contributed by atoms with van der Waals surface area (Å²) in [5.74, 6) is 0.149. The number of carbonyl (C=O) groups is 1. The van der Waals surface area contributed by atoms with Crippen LogP contribution >= 0.6 is 22.9 Å². The SMILES string of the molecule is O=C(NCCc1cccs1)C1(c2ccc(Cl)cc2)CC1. The van der Waals surface area contributed by atoms with Gasteiger partial charge in [-0.05, 0) is 48.4 Å². The van der Waals surface area contributed by atoms with Gasteiger partial charge >= 0.3 is 0 Å². The smallest absolute Gasteiger partial charge is 0.230 e. The van der Waals surface area contributed by atoms with E-state index >= 15 is 0 Å². The van der Waals surface area contributed by atoms with Crippen molar-refractivity contribution in [1.82, 2.24) is 5.32 Å². The maximum absolute atomic E-state index is 12.4. The summed E-state index contributed by atoms with van der Waals surface area (Å²) in [5.41, 5.74) is 0.774. The third kappa shape index (κ3) is 2.74. The number of thiophene rings is 1. The van der Waals surface area contributed by atoms with Gasteiger partial charge in [0.05, 0.1) is 5.41 Å². The quantitative estimate of drug-likeness (QED) is 0.894. The van der Waals surface area contributed by atoms with E-state index in [4.69, 9.17) is 11.6 Å². The van der Waals surface area contributed by atoms with Crippen LogP contribution in [0.1, 0.15) is 23.3 Å². The molecule has 1 fully saturated rings. The van der Waals surface area contributed by atoms with Gasteiger partial charge in [0.1, 0.15) is 0 Å². The molecule has 20 heavy (non-hydrogen) atoms. The standard InChI is InChI=1S/C16H16ClNOS/c17-13-5-3-12(4-6-13)16(8-9-16)15(19)18-10-7-14-2-1-11-20-14/h1-6,11H,7-10H2,(H,18,19). The Morgan fingerprint density at radius 3 is 2.60 bits per heavy atom. The summed E-state index contributed by atoms with van der Waals surface area (Å²) >= 11 is 7.63. The minimum Gasteiger partial charge on any atom is -0.355 e. The van der Waals surface area contributed by atoms with Crippen LogP contribution in [0.5, 0.6) is 0 Å². The van der Waals surface area contributed by atoms with E-state index in [1.165, 1.54) is 4.88 Å². The Morgan fingerprint density at radius 1 is 1.25 bits per heavy atom. The summed E-state index contributed by atoms with van der Waals surface area (Å²) in [5, 5.41) is 5.85. The monoisotopic (exact) mass is 305 g/mol. The van der Waals surface area contributed by atoms with Crippen molar-refractivity contribution in [2.45, 2.75) is 24.7 Å². The van der Waals surface area contributed by atoms with Crippen LogP contribution in [0.2, 0.25) is 5.02 Å². The summed E-state index contributed by atoms with van der Waals surface area (Å²) < 4.78 is 0. The van der Waals surface area contributed by atoms with Crippen molar-refractivity contribution in [2.75, 3.05) is 6.54 Å². The molecule has 1 aliphatic rings. The third-order valence-corrected chi connectivity index (χ3v) is 5.01. The maximum atomic E-state index is 12.4. The first-order valence-electron chi connectivity index (χ1n) is 6.77. The first-order chi connectivity index (χ1) is 9.71. The lowest BCUT2D eigenvalue weighted by Gasteiger charge is -2.15. The number of hydrogen-bond acceptors (Lipinski definition) is 2. The van der Waals surface area contributed by atoms with E-state index in [9.17, 15) is 4.79 Å². The Bertz CT molecular complexity index is 587. The van der Waals surface area contributed by atoms with Gasteiger partial charge in [-0.2, -0.15) is 0 Å². The Balaban J connectivity index is 1.60. The van der Waals surface area contributed by atoms with Crippen molar-refractivity contribution < 1.29 is 4.79 Å². The number of rotatable bonds is 5. The van der Waals surface area contributed by atoms with E-state index in [2.05, 4.69) is 16.8 Å². The van der Waals surface area contributed by atoms with Gasteiger partial charge < -0.3 is 5.32 Å². The molecule has 0 atom stereocenters. The molecule has 1 aromatic heterocycles. The zero-order valence-corrected chi connectivity index (χ0v) is 12.6. The van der Waals surface area contributed by atoms with Gasteiger partial charge in [0.2, 0.25) is 5.91 Å². The average molecular weight is 306 g/mol. The van der Waals surface area contributed by atoms with Gasteiger partial charge in [0.15, 0.2) is 0 Å². The summed E-state index contributed by atoms with van der Waals surface area (Å²) in [6, 6.07) is 11.8. The molecule has 4 heteroatoms. The average Bonchev–Trinajstić information content (AvgIpc) is 3.10. The van der Waals surface area contributed by atoms with Crippen LogP contribution in [-0.4, -0.2) is 12.5 Å². The number of hydrogen-bond donors (Lipinski definition) is 1. The van der Waals surface area contributed by atoms with Crippen LogP contribution in [-0.2, 0) is 16.6 Å². The van der Waals surface area contributed by atoms with E-state index < -0.39 is 0 Å². The highest BCUT2D eigenvalue weighted by molar-refractivity contribution is 7.09. The first kappa shape index (κ1) is 13.7. The number of amides is 1. The minimum absolute atomic E-state index is 0.149. The second-order valence-corrected chi connectivity index (χ2v) is 6.64. The number of carbonyl (C=O) groups excluding carboxylic acids is 1. The van der Waals surface area contributed by atoms with Gasteiger partial charge in [0.25, 0.3) is 0 Å². The van der Waals surface area contributed by atoms with Crippen molar-refractivity contribution >= 4 is 28.8 Å². The lowest BCUT2D eigenvalue weighted by molar-refractivity contribution is -0.123. The molecule has 0 spiro atoms. The predicted octanol–water partition coefficient (Wildman–Crippen LogP) is 3.79. The Labute approximate surface area is 127 Å². The Kier molecular flexibility index (Phi) is 3.81. The second kappa shape index (κ2) is 5.58. The van der Waals surface area contributed by atoms with E-state index in [0.717, 1.165) is 24.8 Å². The number of halogens is 1. The molecule has 0 aliphatic heterocycles. The van der Waals surface area contributed by atoms with E-state index in [0.29, 0.717) is 11.6 Å². The highest BCUT2D eigenvalue weighted by Crippen LogP contribution is 2.48. The molecule has 1 N–H and O–H groups in total. The van der Waals surface area contributed by atoms with Crippen molar-refractivity contribution in [2.24, 2.45) is 0 Å². The largest absolute Gasteiger partial charge is 0.355 e. The van der Waals surface area contributed by atoms with Crippen LogP contribution in [0, 0.1) is 0 Å². The summed E-state index contributed by atoms with van der Waals surface area (Å²) in [6.45, 7) is 0.703. The molecule has 0 saturated heterocycles. The molecule has 1 amide bonds. The molecule has 0 bridgehead atoms. The highest BCUT2D eigenvalue weighted by Gasteiger charge is 2.50. The minimum atomic E-state index is -0.306. The molecule has 1 aliphatic carbocycles. The van der Waals surface area contributed by atoms with E-state index in [1.54, 1.807) is 11.3 Å². The zero-order valence-electron chi connectivity index (χ0n) is 11.1. The molecule has 1 saturated carbocycles. The van der Waals surface area contributed by atoms with Crippen molar-refractivity contribution in [1.29, 1.82) is 0 Å². The lowest BCUT2D eigenvalue weighted by atomic mass is 9.95. The Hall–Kier alpha value is -1.32. The zero-order chi connectivity index (χ0) is 14.0. The molecule has 2 aromatic rings. The first-order valence-corrected chi connectivity index (χ1v) is 8.03. The molecule has 1 aromatic carbocycles. The molecule has 104 valence electrons. The third-order valence-electron chi connectivity index (χ3n) is 3.82. The van der Waals surface area contributed by atoms with Crippen LogP contribution in [0.25, 0.3) is 0 Å². The van der Waals surface area contributed by atoms with Gasteiger partial charge in [0, 0.05) is 16.4 Å². The molecular formula is C16H16ClNOS. The molecule has 3 rings (SSSR count). The van der Waals surface area contributed by atoms with E-state index in [1.807, 2.05) is 30.3 Å². The van der Waals surface area contributed by atoms with Crippen molar-refractivity contribution in [3.05, 3.63) is 57.2 Å². The maximum Gasteiger partial charge on any atom is 0.230 e. The van der Waals surface area contributed by atoms with Crippen molar-refractivity contribution in [3.8, 4) is 0 Å². The van der Waals surface area contributed by atoms with E-state index in [-0.39, 0.29) is 11.3 Å². The van der Waals surface area contributed by atoms with Crippen LogP contribution in [0.4, 0.5) is 0 Å². The Morgan fingerprint density at radius 2 is 2.00 bits per heavy atom. The fourth-order valence-electron chi connectivity index (χ4n) is 2.46. The molecule has 0 unspecified atom stereocenters. The van der Waals surface area contributed by atoms with Crippen LogP contribution in [0.15, 0.2) is 41.8 Å². The summed E-state index contributed by atoms with van der Waals surface area (Å²) in [7, 11) is 0. The summed E-state index contributed by atoms with van der Waals surface area (Å²) in [6.07, 6.45) is 2.76. The topological polar surface area (TPSA) is 29.1 Å². The van der Waals surface area contributed by atoms with Crippen LogP contribution in [0.3, 0.4) is 0 Å². The highest BCUT2D eigenvalue weighted by atomic mass is 35.5. The normalized spacial score (nSPS) is 15.8.